The zero-order valence-corrected chi connectivity index (χ0v) is 9.84. The van der Waals surface area contributed by atoms with Gasteiger partial charge in [0.1, 0.15) is 0 Å². The Morgan fingerprint density at radius 2 is 1.82 bits per heavy atom. The van der Waals surface area contributed by atoms with E-state index in [0.29, 0.717) is 5.57 Å². The molecule has 0 aliphatic heterocycles. The lowest BCUT2D eigenvalue weighted by Gasteiger charge is -1.96. The lowest BCUT2D eigenvalue weighted by atomic mass is 10.1. The lowest BCUT2D eigenvalue weighted by Crippen LogP contribution is -2.16. The number of ketones is 1. The highest BCUT2D eigenvalue weighted by Gasteiger charge is 2.14. The molecule has 3 nitrogen and oxygen atoms in total. The van der Waals surface area contributed by atoms with Gasteiger partial charge in [-0.3, -0.25) is 4.79 Å². The third kappa shape index (κ3) is 4.07. The SMILES string of the molecule is COC(=O)C(=O)C(C)=CC=Cc1ccccc1. The smallest absolute Gasteiger partial charge is 0.379 e. The van der Waals surface area contributed by atoms with E-state index in [0.717, 1.165) is 5.56 Å². The molecule has 0 unspecified atom stereocenters. The number of hydrogen-bond donors (Lipinski definition) is 0. The Bertz CT molecular complexity index is 456. The van der Waals surface area contributed by atoms with Crippen LogP contribution in [0.4, 0.5) is 0 Å². The molecule has 88 valence electrons. The molecule has 3 heteroatoms. The molecule has 0 amide bonds. The molecule has 1 aromatic rings. The molecule has 17 heavy (non-hydrogen) atoms. The van der Waals surface area contributed by atoms with Gasteiger partial charge in [-0.15, -0.1) is 0 Å². The largest absolute Gasteiger partial charge is 0.463 e. The van der Waals surface area contributed by atoms with E-state index in [1.807, 2.05) is 36.4 Å². The summed E-state index contributed by atoms with van der Waals surface area (Å²) in [5, 5.41) is 0. The maximum atomic E-state index is 11.3. The van der Waals surface area contributed by atoms with E-state index < -0.39 is 11.8 Å². The van der Waals surface area contributed by atoms with Crippen molar-refractivity contribution in [1.82, 2.24) is 0 Å². The van der Waals surface area contributed by atoms with Gasteiger partial charge in [-0.25, -0.2) is 4.79 Å². The van der Waals surface area contributed by atoms with E-state index in [1.165, 1.54) is 7.11 Å². The normalized spacial score (nSPS) is 11.5. The molecule has 0 spiro atoms. The van der Waals surface area contributed by atoms with Crippen LogP contribution >= 0.6 is 0 Å². The van der Waals surface area contributed by atoms with E-state index in [9.17, 15) is 9.59 Å². The van der Waals surface area contributed by atoms with Crippen molar-refractivity contribution in [3.8, 4) is 0 Å². The van der Waals surface area contributed by atoms with Crippen LogP contribution in [0, 0.1) is 0 Å². The molecule has 0 atom stereocenters. The predicted molar refractivity (Wildman–Crippen MR) is 66.3 cm³/mol. The monoisotopic (exact) mass is 230 g/mol. The molecule has 0 bridgehead atoms. The third-order valence-corrected chi connectivity index (χ3v) is 2.16. The van der Waals surface area contributed by atoms with E-state index in [2.05, 4.69) is 4.74 Å². The number of ether oxygens (including phenoxy) is 1. The Hall–Kier alpha value is -2.16. The number of Topliss-reactive ketones (excluding diaryl/α,β-unsaturated/α-hetero) is 1. The van der Waals surface area contributed by atoms with Crippen LogP contribution in [0.1, 0.15) is 12.5 Å². The molecule has 1 aromatic carbocycles. The molecular formula is C14H14O3. The van der Waals surface area contributed by atoms with Crippen LogP contribution in [0.15, 0.2) is 48.1 Å². The van der Waals surface area contributed by atoms with Crippen molar-refractivity contribution in [1.29, 1.82) is 0 Å². The van der Waals surface area contributed by atoms with Gasteiger partial charge < -0.3 is 4.74 Å². The zero-order chi connectivity index (χ0) is 12.7. The highest BCUT2D eigenvalue weighted by Crippen LogP contribution is 2.03. The Morgan fingerprint density at radius 1 is 1.18 bits per heavy atom. The second-order valence-corrected chi connectivity index (χ2v) is 3.44. The fourth-order valence-corrected chi connectivity index (χ4v) is 1.20. The van der Waals surface area contributed by atoms with Crippen LogP contribution in [-0.2, 0) is 14.3 Å². The fourth-order valence-electron chi connectivity index (χ4n) is 1.20. The van der Waals surface area contributed by atoms with E-state index in [4.69, 9.17) is 0 Å². The number of benzene rings is 1. The summed E-state index contributed by atoms with van der Waals surface area (Å²) in [6.07, 6.45) is 5.17. The number of carbonyl (C=O) groups excluding carboxylic acids is 2. The topological polar surface area (TPSA) is 43.4 Å². The highest BCUT2D eigenvalue weighted by molar-refractivity contribution is 6.40. The number of carbonyl (C=O) groups is 2. The number of allylic oxidation sites excluding steroid dienone is 2. The average molecular weight is 230 g/mol. The lowest BCUT2D eigenvalue weighted by molar-refractivity contribution is -0.149. The standard InChI is InChI=1S/C14H14O3/c1-11(13(15)14(16)17-2)7-6-10-12-8-4-3-5-9-12/h3-10H,1-2H3. The first kappa shape index (κ1) is 12.9. The summed E-state index contributed by atoms with van der Waals surface area (Å²) < 4.78 is 4.34. The highest BCUT2D eigenvalue weighted by atomic mass is 16.5. The zero-order valence-electron chi connectivity index (χ0n) is 9.84. The fraction of sp³-hybridized carbons (Fsp3) is 0.143. The Labute approximate surface area is 100 Å². The molecule has 1 rings (SSSR count). The van der Waals surface area contributed by atoms with Crippen LogP contribution in [0.25, 0.3) is 6.08 Å². The van der Waals surface area contributed by atoms with Crippen molar-refractivity contribution < 1.29 is 14.3 Å². The number of hydrogen-bond acceptors (Lipinski definition) is 3. The van der Waals surface area contributed by atoms with Crippen molar-refractivity contribution in [2.45, 2.75) is 6.92 Å². The van der Waals surface area contributed by atoms with Gasteiger partial charge in [0, 0.05) is 5.57 Å². The molecule has 0 saturated heterocycles. The minimum absolute atomic E-state index is 0.351. The van der Waals surface area contributed by atoms with Crippen molar-refractivity contribution in [3.63, 3.8) is 0 Å². The first-order valence-corrected chi connectivity index (χ1v) is 5.18. The van der Waals surface area contributed by atoms with Crippen LogP contribution in [-0.4, -0.2) is 18.9 Å². The van der Waals surface area contributed by atoms with Gasteiger partial charge in [0.15, 0.2) is 0 Å². The summed E-state index contributed by atoms with van der Waals surface area (Å²) >= 11 is 0. The second-order valence-electron chi connectivity index (χ2n) is 3.44. The van der Waals surface area contributed by atoms with Gasteiger partial charge in [0.25, 0.3) is 5.78 Å². The van der Waals surface area contributed by atoms with Gasteiger partial charge in [0.2, 0.25) is 0 Å². The summed E-state index contributed by atoms with van der Waals surface area (Å²) in [7, 11) is 1.19. The second kappa shape index (κ2) is 6.43. The van der Waals surface area contributed by atoms with Crippen molar-refractivity contribution >= 4 is 17.8 Å². The quantitative estimate of drug-likeness (QED) is 0.345. The Balaban J connectivity index is 2.68. The molecule has 0 radical (unpaired) electrons. The number of esters is 1. The summed E-state index contributed by atoms with van der Waals surface area (Å²) in [4.78, 5) is 22.3. The molecule has 0 aliphatic rings. The van der Waals surface area contributed by atoms with Crippen LogP contribution < -0.4 is 0 Å². The molecule has 0 heterocycles. The van der Waals surface area contributed by atoms with Gasteiger partial charge in [-0.2, -0.15) is 0 Å². The Morgan fingerprint density at radius 3 is 2.41 bits per heavy atom. The summed E-state index contributed by atoms with van der Waals surface area (Å²) in [6, 6.07) is 9.68. The van der Waals surface area contributed by atoms with Crippen molar-refractivity contribution in [2.24, 2.45) is 0 Å². The summed E-state index contributed by atoms with van der Waals surface area (Å²) in [5.74, 6) is -1.46. The first-order chi connectivity index (χ1) is 8.15. The van der Waals surface area contributed by atoms with Crippen LogP contribution in [0.5, 0.6) is 0 Å². The Kier molecular flexibility index (Phi) is 4.88. The van der Waals surface area contributed by atoms with E-state index in [-0.39, 0.29) is 0 Å². The van der Waals surface area contributed by atoms with E-state index in [1.54, 1.807) is 19.1 Å². The van der Waals surface area contributed by atoms with Crippen molar-refractivity contribution in [2.75, 3.05) is 7.11 Å². The minimum atomic E-state index is -0.841. The van der Waals surface area contributed by atoms with Gasteiger partial charge in [0.05, 0.1) is 7.11 Å². The summed E-state index contributed by atoms with van der Waals surface area (Å²) in [5.41, 5.74) is 1.38. The molecule has 0 aliphatic carbocycles. The molecule has 0 saturated carbocycles. The molecular weight excluding hydrogens is 216 g/mol. The number of rotatable bonds is 4. The minimum Gasteiger partial charge on any atom is -0.463 e. The predicted octanol–water partition coefficient (Wildman–Crippen LogP) is 2.39. The van der Waals surface area contributed by atoms with Gasteiger partial charge in [-0.1, -0.05) is 48.6 Å². The van der Waals surface area contributed by atoms with Crippen LogP contribution in [0.2, 0.25) is 0 Å². The summed E-state index contributed by atoms with van der Waals surface area (Å²) in [6.45, 7) is 1.58. The molecule has 0 N–H and O–H groups in total. The molecule has 0 fully saturated rings. The average Bonchev–Trinajstić information content (AvgIpc) is 2.38. The third-order valence-electron chi connectivity index (χ3n) is 2.16. The van der Waals surface area contributed by atoms with E-state index >= 15 is 0 Å². The van der Waals surface area contributed by atoms with Crippen LogP contribution in [0.3, 0.4) is 0 Å². The molecule has 0 aromatic heterocycles. The van der Waals surface area contributed by atoms with Gasteiger partial charge in [-0.05, 0) is 12.5 Å². The number of methoxy groups -OCH3 is 1. The maximum Gasteiger partial charge on any atom is 0.379 e. The maximum absolute atomic E-state index is 11.3. The van der Waals surface area contributed by atoms with Crippen molar-refractivity contribution in [3.05, 3.63) is 53.6 Å². The van der Waals surface area contributed by atoms with Gasteiger partial charge >= 0.3 is 5.97 Å². The first-order valence-electron chi connectivity index (χ1n) is 5.18.